The lowest BCUT2D eigenvalue weighted by Crippen LogP contribution is -2.26. The van der Waals surface area contributed by atoms with E-state index >= 15 is 0 Å². The van der Waals surface area contributed by atoms with E-state index in [1.807, 2.05) is 20.8 Å². The number of nitrogens with zero attached hydrogens (tertiary/aromatic N) is 5. The van der Waals surface area contributed by atoms with Crippen molar-refractivity contribution in [3.05, 3.63) is 54.1 Å². The highest BCUT2D eigenvalue weighted by atomic mass is 16.5. The molecular weight excluding hydrogens is 354 g/mol. The molecule has 0 fully saturated rings. The van der Waals surface area contributed by atoms with E-state index in [0.717, 1.165) is 5.56 Å². The Labute approximate surface area is 163 Å². The number of aromatic nitrogens is 4. The van der Waals surface area contributed by atoms with Gasteiger partial charge in [-0.25, -0.2) is 19.9 Å². The second kappa shape index (κ2) is 7.98. The van der Waals surface area contributed by atoms with Crippen LogP contribution in [0.1, 0.15) is 31.9 Å². The van der Waals surface area contributed by atoms with E-state index in [1.54, 1.807) is 36.7 Å². The minimum absolute atomic E-state index is 0.157. The lowest BCUT2D eigenvalue weighted by Gasteiger charge is -2.21. The highest BCUT2D eigenvalue weighted by molar-refractivity contribution is 5.66. The van der Waals surface area contributed by atoms with Crippen LogP contribution in [0, 0.1) is 11.3 Å². The Bertz CT molecular complexity index is 1000. The Hall–Kier alpha value is -3.57. The first-order valence-electron chi connectivity index (χ1n) is 8.71. The molecule has 8 nitrogen and oxygen atoms in total. The van der Waals surface area contributed by atoms with E-state index < -0.39 is 0 Å². The van der Waals surface area contributed by atoms with Gasteiger partial charge in [-0.3, -0.25) is 0 Å². The van der Waals surface area contributed by atoms with Gasteiger partial charge in [0.05, 0.1) is 17.2 Å². The summed E-state index contributed by atoms with van der Waals surface area (Å²) in [4.78, 5) is 17.1. The summed E-state index contributed by atoms with van der Waals surface area (Å²) in [6, 6.07) is 8.88. The van der Waals surface area contributed by atoms with Crippen molar-refractivity contribution in [2.75, 3.05) is 5.32 Å². The largest absolute Gasteiger partial charge is 0.438 e. The standard InChI is InChI=1S/C20H21N7O/c1-20(2,3)27-17-7-18(26-12-25-17)28-16-6-13(8-21)4-5-15(16)19-23-10-14(9-22)11-24-19/h4-7,10-12H,9,22H2,1-3H3,(H,25,26,27). The van der Waals surface area contributed by atoms with Gasteiger partial charge in [-0.1, -0.05) is 0 Å². The van der Waals surface area contributed by atoms with Gasteiger partial charge >= 0.3 is 0 Å². The van der Waals surface area contributed by atoms with Crippen LogP contribution in [0.4, 0.5) is 5.82 Å². The summed E-state index contributed by atoms with van der Waals surface area (Å²) < 4.78 is 5.97. The van der Waals surface area contributed by atoms with Crippen molar-refractivity contribution in [2.24, 2.45) is 5.73 Å². The summed E-state index contributed by atoms with van der Waals surface area (Å²) in [5.74, 6) is 1.88. The number of nitrogens with two attached hydrogens (primary N) is 1. The molecule has 2 heterocycles. The van der Waals surface area contributed by atoms with Crippen LogP contribution >= 0.6 is 0 Å². The zero-order valence-corrected chi connectivity index (χ0v) is 16.0. The molecule has 0 radical (unpaired) electrons. The Morgan fingerprint density at radius 3 is 2.50 bits per heavy atom. The summed E-state index contributed by atoms with van der Waals surface area (Å²) in [6.07, 6.45) is 4.75. The van der Waals surface area contributed by atoms with Crippen LogP contribution in [0.5, 0.6) is 11.6 Å². The lowest BCUT2D eigenvalue weighted by molar-refractivity contribution is 0.462. The van der Waals surface area contributed by atoms with E-state index in [4.69, 9.17) is 10.5 Å². The van der Waals surface area contributed by atoms with E-state index in [-0.39, 0.29) is 5.54 Å². The van der Waals surface area contributed by atoms with Crippen molar-refractivity contribution in [1.82, 2.24) is 19.9 Å². The molecule has 0 unspecified atom stereocenters. The Morgan fingerprint density at radius 2 is 1.86 bits per heavy atom. The SMILES string of the molecule is CC(C)(C)Nc1cc(Oc2cc(C#N)ccc2-c2ncc(CN)cn2)ncn1. The second-order valence-electron chi connectivity index (χ2n) is 7.16. The maximum atomic E-state index is 9.24. The van der Waals surface area contributed by atoms with E-state index in [9.17, 15) is 5.26 Å². The van der Waals surface area contributed by atoms with Crippen molar-refractivity contribution < 1.29 is 4.74 Å². The fourth-order valence-corrected chi connectivity index (χ4v) is 2.42. The summed E-state index contributed by atoms with van der Waals surface area (Å²) in [6.45, 7) is 6.47. The molecule has 142 valence electrons. The minimum Gasteiger partial charge on any atom is -0.438 e. The molecule has 0 saturated heterocycles. The number of ether oxygens (including phenoxy) is 1. The van der Waals surface area contributed by atoms with Crippen molar-refractivity contribution in [2.45, 2.75) is 32.9 Å². The molecule has 0 saturated carbocycles. The van der Waals surface area contributed by atoms with E-state index in [2.05, 4.69) is 31.3 Å². The van der Waals surface area contributed by atoms with Crippen LogP contribution in [0.15, 0.2) is 43.0 Å². The van der Waals surface area contributed by atoms with Crippen molar-refractivity contribution in [3.8, 4) is 29.1 Å². The van der Waals surface area contributed by atoms with Crippen LogP contribution in [-0.2, 0) is 6.54 Å². The maximum Gasteiger partial charge on any atom is 0.224 e. The molecule has 3 rings (SSSR count). The molecule has 0 aliphatic carbocycles. The number of hydrogen-bond acceptors (Lipinski definition) is 8. The third-order valence-electron chi connectivity index (χ3n) is 3.65. The number of nitrogens with one attached hydrogen (secondary N) is 1. The Morgan fingerprint density at radius 1 is 1.11 bits per heavy atom. The van der Waals surface area contributed by atoms with Gasteiger partial charge in [0.1, 0.15) is 17.9 Å². The smallest absolute Gasteiger partial charge is 0.224 e. The van der Waals surface area contributed by atoms with Gasteiger partial charge in [0.15, 0.2) is 5.82 Å². The number of anilines is 1. The number of hydrogen-bond donors (Lipinski definition) is 2. The number of benzene rings is 1. The highest BCUT2D eigenvalue weighted by Crippen LogP contribution is 2.32. The number of rotatable bonds is 5. The highest BCUT2D eigenvalue weighted by Gasteiger charge is 2.14. The van der Waals surface area contributed by atoms with E-state index in [0.29, 0.717) is 40.9 Å². The third-order valence-corrected chi connectivity index (χ3v) is 3.65. The number of nitriles is 1. The van der Waals surface area contributed by atoms with Crippen LogP contribution in [0.25, 0.3) is 11.4 Å². The average molecular weight is 375 g/mol. The minimum atomic E-state index is -0.157. The second-order valence-corrected chi connectivity index (χ2v) is 7.16. The van der Waals surface area contributed by atoms with Crippen molar-refractivity contribution in [1.29, 1.82) is 5.26 Å². The van der Waals surface area contributed by atoms with Crippen molar-refractivity contribution in [3.63, 3.8) is 0 Å². The van der Waals surface area contributed by atoms with E-state index in [1.165, 1.54) is 6.33 Å². The zero-order valence-electron chi connectivity index (χ0n) is 16.0. The molecule has 1 aromatic carbocycles. The molecule has 0 spiro atoms. The molecule has 0 aliphatic rings. The zero-order chi connectivity index (χ0) is 20.1. The fourth-order valence-electron chi connectivity index (χ4n) is 2.42. The molecule has 0 bridgehead atoms. The predicted molar refractivity (Wildman–Crippen MR) is 106 cm³/mol. The molecule has 0 atom stereocenters. The molecule has 3 aromatic rings. The molecule has 28 heavy (non-hydrogen) atoms. The Kier molecular flexibility index (Phi) is 5.47. The van der Waals surface area contributed by atoms with Crippen molar-refractivity contribution >= 4 is 5.82 Å². The van der Waals surface area contributed by atoms with Gasteiger partial charge in [-0.15, -0.1) is 0 Å². The summed E-state index contributed by atoms with van der Waals surface area (Å²) in [5, 5.41) is 12.5. The van der Waals surface area contributed by atoms with Gasteiger partial charge in [-0.2, -0.15) is 5.26 Å². The Balaban J connectivity index is 1.96. The van der Waals surface area contributed by atoms with Crippen LogP contribution in [0.3, 0.4) is 0 Å². The maximum absolute atomic E-state index is 9.24. The molecule has 8 heteroatoms. The topological polar surface area (TPSA) is 123 Å². The normalized spacial score (nSPS) is 11.0. The lowest BCUT2D eigenvalue weighted by atomic mass is 10.1. The van der Waals surface area contributed by atoms with Gasteiger partial charge < -0.3 is 15.8 Å². The van der Waals surface area contributed by atoms with Crippen LogP contribution in [-0.4, -0.2) is 25.5 Å². The first-order valence-corrected chi connectivity index (χ1v) is 8.71. The predicted octanol–water partition coefficient (Wildman–Crippen LogP) is 3.27. The third kappa shape index (κ3) is 4.78. The van der Waals surface area contributed by atoms with Gasteiger partial charge in [0.2, 0.25) is 5.88 Å². The summed E-state index contributed by atoms with van der Waals surface area (Å²) >= 11 is 0. The first kappa shape index (κ1) is 19.2. The molecule has 0 amide bonds. The summed E-state index contributed by atoms with van der Waals surface area (Å²) in [5.41, 5.74) is 7.38. The summed E-state index contributed by atoms with van der Waals surface area (Å²) in [7, 11) is 0. The molecule has 3 N–H and O–H groups in total. The van der Waals surface area contributed by atoms with Gasteiger partial charge in [0.25, 0.3) is 0 Å². The van der Waals surface area contributed by atoms with Gasteiger partial charge in [-0.05, 0) is 39.0 Å². The molecule has 0 aliphatic heterocycles. The quantitative estimate of drug-likeness (QED) is 0.696. The van der Waals surface area contributed by atoms with Gasteiger partial charge in [0, 0.05) is 36.1 Å². The molecule has 2 aromatic heterocycles. The van der Waals surface area contributed by atoms with Crippen LogP contribution in [0.2, 0.25) is 0 Å². The fraction of sp³-hybridized carbons (Fsp3) is 0.250. The first-order chi connectivity index (χ1) is 13.4. The molecular formula is C20H21N7O. The average Bonchev–Trinajstić information content (AvgIpc) is 2.67. The van der Waals surface area contributed by atoms with Crippen LogP contribution < -0.4 is 15.8 Å². The monoisotopic (exact) mass is 375 g/mol.